The molecule has 2 aliphatic heterocycles. The lowest BCUT2D eigenvalue weighted by atomic mass is 10.1. The summed E-state index contributed by atoms with van der Waals surface area (Å²) >= 11 is 0. The Morgan fingerprint density at radius 3 is 2.59 bits per heavy atom. The van der Waals surface area contributed by atoms with E-state index in [-0.39, 0.29) is 42.8 Å². The van der Waals surface area contributed by atoms with Crippen LogP contribution in [0.4, 0.5) is 20.3 Å². The largest absolute Gasteiger partial charge is 0.477 e. The number of fused-ring (bicyclic) bond motifs is 1. The fourth-order valence-corrected chi connectivity index (χ4v) is 5.79. The summed E-state index contributed by atoms with van der Waals surface area (Å²) in [5.41, 5.74) is 0.470. The molecule has 6 rings (SSSR count). The number of rotatable bonds is 12. The molecule has 1 N–H and O–H groups in total. The normalized spacial score (nSPS) is 19.7. The minimum Gasteiger partial charge on any atom is -0.477 e. The fourth-order valence-electron chi connectivity index (χ4n) is 5.79. The zero-order valence-corrected chi connectivity index (χ0v) is 25.1. The molecule has 10 nitrogen and oxygen atoms in total. The molecule has 0 radical (unpaired) electrons. The lowest BCUT2D eigenvalue weighted by Gasteiger charge is -2.27. The smallest absolute Gasteiger partial charge is 0.332 e. The molecule has 0 spiro atoms. The van der Waals surface area contributed by atoms with Gasteiger partial charge in [-0.2, -0.15) is 0 Å². The highest BCUT2D eigenvalue weighted by Gasteiger charge is 2.39. The van der Waals surface area contributed by atoms with Crippen molar-refractivity contribution in [3.8, 4) is 5.88 Å². The van der Waals surface area contributed by atoms with Gasteiger partial charge in [0.15, 0.2) is 6.29 Å². The van der Waals surface area contributed by atoms with Crippen LogP contribution >= 0.6 is 0 Å². The maximum Gasteiger partial charge on any atom is 0.332 e. The molecule has 1 aliphatic carbocycles. The highest BCUT2D eigenvalue weighted by atomic mass is 19.1. The topological polar surface area (TPSA) is 99.9 Å². The predicted molar refractivity (Wildman–Crippen MR) is 161 cm³/mol. The number of nitrogens with zero attached hydrogens (tertiary/aromatic N) is 4. The van der Waals surface area contributed by atoms with Crippen LogP contribution in [0.1, 0.15) is 75.7 Å². The molecule has 236 valence electrons. The van der Waals surface area contributed by atoms with Gasteiger partial charge in [-0.05, 0) is 82.1 Å². The van der Waals surface area contributed by atoms with Crippen LogP contribution in [0.5, 0.6) is 5.88 Å². The van der Waals surface area contributed by atoms with Crippen molar-refractivity contribution in [2.24, 2.45) is 5.92 Å². The lowest BCUT2D eigenvalue weighted by Crippen LogP contribution is -2.42. The van der Waals surface area contributed by atoms with Gasteiger partial charge in [-0.3, -0.25) is 13.9 Å². The van der Waals surface area contributed by atoms with Gasteiger partial charge in [0.05, 0.1) is 25.0 Å². The average Bonchev–Trinajstić information content (AvgIpc) is 3.77. The van der Waals surface area contributed by atoms with Gasteiger partial charge in [-0.15, -0.1) is 0 Å². The van der Waals surface area contributed by atoms with Crippen LogP contribution in [-0.4, -0.2) is 40.2 Å². The van der Waals surface area contributed by atoms with E-state index in [0.29, 0.717) is 43.5 Å². The SMILES string of the molecule is CC(C)n1c2c(c(=O)n(CCCOC3CCCCO3)c1=O)N(Cc1ccc(F)cc1)C(c1cc(F)cnc1OCC1CC1)N2. The Morgan fingerprint density at radius 2 is 1.89 bits per heavy atom. The fraction of sp³-hybridized carbons (Fsp3) is 0.531. The quantitative estimate of drug-likeness (QED) is 0.282. The number of halogens is 2. The molecule has 44 heavy (non-hydrogen) atoms. The van der Waals surface area contributed by atoms with Crippen LogP contribution in [0.15, 0.2) is 46.1 Å². The first-order chi connectivity index (χ1) is 21.3. The zero-order valence-electron chi connectivity index (χ0n) is 25.1. The average molecular weight is 612 g/mol. The lowest BCUT2D eigenvalue weighted by molar-refractivity contribution is -0.163. The van der Waals surface area contributed by atoms with Gasteiger partial charge in [-0.25, -0.2) is 18.6 Å². The van der Waals surface area contributed by atoms with Crippen LogP contribution in [0.25, 0.3) is 0 Å². The van der Waals surface area contributed by atoms with Gasteiger partial charge in [0.25, 0.3) is 5.56 Å². The number of nitrogens with one attached hydrogen (secondary N) is 1. The number of aromatic nitrogens is 3. The molecule has 1 saturated heterocycles. The van der Waals surface area contributed by atoms with E-state index in [0.717, 1.165) is 43.9 Å². The second-order valence-electron chi connectivity index (χ2n) is 12.0. The molecule has 0 bridgehead atoms. The van der Waals surface area contributed by atoms with E-state index >= 15 is 0 Å². The Kier molecular flexibility index (Phi) is 8.99. The third-order valence-electron chi connectivity index (χ3n) is 8.27. The first kappa shape index (κ1) is 30.3. The van der Waals surface area contributed by atoms with E-state index in [2.05, 4.69) is 10.3 Å². The van der Waals surface area contributed by atoms with E-state index < -0.39 is 23.2 Å². The van der Waals surface area contributed by atoms with Crippen molar-refractivity contribution in [3.05, 3.63) is 80.1 Å². The summed E-state index contributed by atoms with van der Waals surface area (Å²) in [7, 11) is 0. The van der Waals surface area contributed by atoms with Gasteiger partial charge < -0.3 is 24.4 Å². The number of anilines is 2. The molecule has 2 unspecified atom stereocenters. The Balaban J connectivity index is 1.38. The molecule has 3 aliphatic rings. The Labute approximate surface area is 254 Å². The van der Waals surface area contributed by atoms with Crippen LogP contribution in [0.3, 0.4) is 0 Å². The highest BCUT2D eigenvalue weighted by Crippen LogP contribution is 2.43. The van der Waals surface area contributed by atoms with Gasteiger partial charge >= 0.3 is 5.69 Å². The number of hydrogen-bond acceptors (Lipinski definition) is 8. The molecule has 4 heterocycles. The molecular formula is C32H39F2N5O5. The summed E-state index contributed by atoms with van der Waals surface area (Å²) in [4.78, 5) is 34.0. The molecule has 2 fully saturated rings. The molecule has 3 aromatic rings. The monoisotopic (exact) mass is 611 g/mol. The number of hydrogen-bond donors (Lipinski definition) is 1. The summed E-state index contributed by atoms with van der Waals surface area (Å²) in [6.07, 6.45) is 5.52. The van der Waals surface area contributed by atoms with Crippen LogP contribution in [0.2, 0.25) is 0 Å². The van der Waals surface area contributed by atoms with Crippen molar-refractivity contribution in [2.75, 3.05) is 30.0 Å². The van der Waals surface area contributed by atoms with Crippen molar-refractivity contribution >= 4 is 11.5 Å². The van der Waals surface area contributed by atoms with Gasteiger partial charge in [-0.1, -0.05) is 12.1 Å². The standard InChI is InChI=1S/C32H39F2N5O5/c1-20(2)39-29-27(31(40)37(32(39)41)13-5-15-43-26-6-3-4-14-42-26)38(18-21-9-11-23(33)12-10-21)28(36-29)25-16-24(34)17-35-30(25)44-19-22-7-8-22/h9-12,16-17,20,22,26,28,36H,3-8,13-15,18-19H2,1-2H3. The van der Waals surface area contributed by atoms with E-state index in [1.54, 1.807) is 21.6 Å². The van der Waals surface area contributed by atoms with Crippen LogP contribution in [0, 0.1) is 17.6 Å². The molecular weight excluding hydrogens is 572 g/mol. The van der Waals surface area contributed by atoms with Gasteiger partial charge in [0, 0.05) is 25.7 Å². The minimum atomic E-state index is -0.785. The van der Waals surface area contributed by atoms with E-state index in [9.17, 15) is 18.4 Å². The van der Waals surface area contributed by atoms with Crippen molar-refractivity contribution in [3.63, 3.8) is 0 Å². The number of benzene rings is 1. The van der Waals surface area contributed by atoms with Crippen molar-refractivity contribution < 1.29 is 23.0 Å². The van der Waals surface area contributed by atoms with Crippen molar-refractivity contribution in [1.82, 2.24) is 14.1 Å². The first-order valence-electron chi connectivity index (χ1n) is 15.5. The molecule has 12 heteroatoms. The van der Waals surface area contributed by atoms with Gasteiger partial charge in [0.1, 0.15) is 29.3 Å². The summed E-state index contributed by atoms with van der Waals surface area (Å²) in [5, 5.41) is 3.35. The second kappa shape index (κ2) is 13.1. The third kappa shape index (κ3) is 6.51. The van der Waals surface area contributed by atoms with Crippen LogP contribution < -0.4 is 26.2 Å². The molecule has 2 aromatic heterocycles. The minimum absolute atomic E-state index is 0.150. The third-order valence-corrected chi connectivity index (χ3v) is 8.27. The summed E-state index contributed by atoms with van der Waals surface area (Å²) < 4.78 is 48.8. The van der Waals surface area contributed by atoms with E-state index in [1.165, 1.54) is 22.8 Å². The molecule has 1 aromatic carbocycles. The van der Waals surface area contributed by atoms with Gasteiger partial charge in [0.2, 0.25) is 5.88 Å². The summed E-state index contributed by atoms with van der Waals surface area (Å²) in [5.74, 6) is 0.0907. The summed E-state index contributed by atoms with van der Waals surface area (Å²) in [6, 6.07) is 7.03. The van der Waals surface area contributed by atoms with E-state index in [4.69, 9.17) is 14.2 Å². The second-order valence-corrected chi connectivity index (χ2v) is 12.0. The van der Waals surface area contributed by atoms with Crippen LogP contribution in [-0.2, 0) is 22.6 Å². The Morgan fingerprint density at radius 1 is 1.09 bits per heavy atom. The van der Waals surface area contributed by atoms with E-state index in [1.807, 2.05) is 13.8 Å². The maximum absolute atomic E-state index is 14.7. The van der Waals surface area contributed by atoms with Crippen molar-refractivity contribution in [1.29, 1.82) is 0 Å². The number of pyridine rings is 1. The molecule has 2 atom stereocenters. The highest BCUT2D eigenvalue weighted by molar-refractivity contribution is 5.73. The maximum atomic E-state index is 14.7. The zero-order chi connectivity index (χ0) is 30.8. The first-order valence-corrected chi connectivity index (χ1v) is 15.5. The molecule has 1 saturated carbocycles. The Bertz CT molecular complexity index is 1580. The van der Waals surface area contributed by atoms with Crippen molar-refractivity contribution in [2.45, 2.75) is 84.0 Å². The molecule has 0 amide bonds. The summed E-state index contributed by atoms with van der Waals surface area (Å²) in [6.45, 7) is 5.53. The predicted octanol–water partition coefficient (Wildman–Crippen LogP) is 5.12. The number of ether oxygens (including phenoxy) is 3. The Hall–Kier alpha value is -3.77.